The Morgan fingerprint density at radius 2 is 1.94 bits per heavy atom. The fourth-order valence-electron chi connectivity index (χ4n) is 1.75. The smallest absolute Gasteiger partial charge is 0.226 e. The molecule has 0 radical (unpaired) electrons. The quantitative estimate of drug-likeness (QED) is 0.687. The summed E-state index contributed by atoms with van der Waals surface area (Å²) in [7, 11) is -7.27. The van der Waals surface area contributed by atoms with Crippen LogP contribution in [0.2, 0.25) is 0 Å². The molecule has 1 saturated heterocycles. The Bertz CT molecular complexity index is 429. The normalized spacial score (nSPS) is 27.9. The number of rotatable bonds is 4. The van der Waals surface area contributed by atoms with Crippen LogP contribution in [0.25, 0.3) is 0 Å². The minimum atomic E-state index is -3.75. The molecule has 0 aromatic carbocycles. The van der Waals surface area contributed by atoms with Gasteiger partial charge < -0.3 is 5.32 Å². The molecule has 0 spiro atoms. The molecule has 2 N–H and O–H groups in total. The van der Waals surface area contributed by atoms with Crippen molar-refractivity contribution in [3.63, 3.8) is 0 Å². The molecular formula is C8H18N2O4S2. The molecule has 0 saturated carbocycles. The molecule has 1 fully saturated rings. The zero-order valence-electron chi connectivity index (χ0n) is 9.43. The molecule has 16 heavy (non-hydrogen) atoms. The van der Waals surface area contributed by atoms with Gasteiger partial charge in [0.2, 0.25) is 10.0 Å². The zero-order valence-corrected chi connectivity index (χ0v) is 11.1. The van der Waals surface area contributed by atoms with Crippen LogP contribution in [0.3, 0.4) is 0 Å². The van der Waals surface area contributed by atoms with Crippen LogP contribution in [-0.2, 0) is 19.9 Å². The van der Waals surface area contributed by atoms with Gasteiger partial charge in [-0.1, -0.05) is 0 Å². The topological polar surface area (TPSA) is 92.3 Å². The molecule has 1 aliphatic heterocycles. The third-order valence-electron chi connectivity index (χ3n) is 2.46. The summed E-state index contributed by atoms with van der Waals surface area (Å²) in [5.74, 6) is 0. The fourth-order valence-corrected chi connectivity index (χ4v) is 5.06. The molecule has 2 atom stereocenters. The van der Waals surface area contributed by atoms with Crippen LogP contribution < -0.4 is 10.0 Å². The van der Waals surface area contributed by atoms with Crippen LogP contribution in [-0.4, -0.2) is 46.8 Å². The molecule has 0 aromatic rings. The number of sulfone groups is 1. The van der Waals surface area contributed by atoms with Gasteiger partial charge in [0.1, 0.15) is 0 Å². The van der Waals surface area contributed by atoms with Gasteiger partial charge in [-0.3, -0.25) is 0 Å². The van der Waals surface area contributed by atoms with Crippen molar-refractivity contribution in [2.45, 2.75) is 31.8 Å². The van der Waals surface area contributed by atoms with E-state index in [4.69, 9.17) is 0 Å². The number of sulfonamides is 1. The van der Waals surface area contributed by atoms with Gasteiger partial charge in [0.15, 0.2) is 14.9 Å². The summed E-state index contributed by atoms with van der Waals surface area (Å²) in [5.41, 5.74) is 0. The molecular weight excluding hydrogens is 252 g/mol. The lowest BCUT2D eigenvalue weighted by Crippen LogP contribution is -2.52. The highest BCUT2D eigenvalue weighted by Gasteiger charge is 2.27. The van der Waals surface area contributed by atoms with Crippen molar-refractivity contribution in [3.8, 4) is 0 Å². The molecule has 1 rings (SSSR count). The number of hydrogen-bond acceptors (Lipinski definition) is 5. The highest BCUT2D eigenvalue weighted by molar-refractivity contribution is 8.06. The Morgan fingerprint density at radius 3 is 2.44 bits per heavy atom. The van der Waals surface area contributed by atoms with Gasteiger partial charge >= 0.3 is 0 Å². The Hall–Kier alpha value is -0.180. The first-order valence-corrected chi connectivity index (χ1v) is 8.82. The van der Waals surface area contributed by atoms with Crippen molar-refractivity contribution in [3.05, 3.63) is 0 Å². The third-order valence-corrected chi connectivity index (χ3v) is 6.08. The zero-order chi connectivity index (χ0) is 12.4. The molecule has 8 heteroatoms. The standard InChI is InChI=1S/C8H18N2O4S2/c1-7-8(4-3-5-9-7)10-16(13,14)6-15(2,11)12/h7-10H,3-6H2,1-2H3. The van der Waals surface area contributed by atoms with E-state index in [0.29, 0.717) is 0 Å². The minimum absolute atomic E-state index is 0.0306. The highest BCUT2D eigenvalue weighted by Crippen LogP contribution is 2.09. The second-order valence-corrected chi connectivity index (χ2v) is 8.53. The molecule has 2 unspecified atom stereocenters. The SMILES string of the molecule is CC1NCCCC1NS(=O)(=O)CS(C)(=O)=O. The fraction of sp³-hybridized carbons (Fsp3) is 1.00. The second kappa shape index (κ2) is 4.99. The first kappa shape index (κ1) is 13.9. The van der Waals surface area contributed by atoms with Crippen LogP contribution in [0.15, 0.2) is 0 Å². The maximum absolute atomic E-state index is 11.5. The monoisotopic (exact) mass is 270 g/mol. The van der Waals surface area contributed by atoms with Crippen LogP contribution in [0.5, 0.6) is 0 Å². The number of piperidine rings is 1. The highest BCUT2D eigenvalue weighted by atomic mass is 32.3. The van der Waals surface area contributed by atoms with Crippen LogP contribution in [0.1, 0.15) is 19.8 Å². The van der Waals surface area contributed by atoms with Crippen molar-refractivity contribution in [2.75, 3.05) is 17.9 Å². The van der Waals surface area contributed by atoms with Crippen molar-refractivity contribution in [1.82, 2.24) is 10.0 Å². The van der Waals surface area contributed by atoms with E-state index in [9.17, 15) is 16.8 Å². The first-order chi connectivity index (χ1) is 7.20. The Labute approximate surface area is 96.8 Å². The van der Waals surface area contributed by atoms with E-state index in [0.717, 1.165) is 25.6 Å². The molecule has 96 valence electrons. The van der Waals surface area contributed by atoms with Crippen LogP contribution >= 0.6 is 0 Å². The van der Waals surface area contributed by atoms with Gasteiger partial charge in [-0.25, -0.2) is 21.6 Å². The average Bonchev–Trinajstić information content (AvgIpc) is 2.04. The summed E-state index contributed by atoms with van der Waals surface area (Å²) in [4.78, 5) is 0. The average molecular weight is 270 g/mol. The van der Waals surface area contributed by atoms with E-state index < -0.39 is 24.9 Å². The summed E-state index contributed by atoms with van der Waals surface area (Å²) in [5, 5.41) is 2.30. The summed E-state index contributed by atoms with van der Waals surface area (Å²) in [6.45, 7) is 2.75. The Kier molecular flexibility index (Phi) is 4.33. The summed E-state index contributed by atoms with van der Waals surface area (Å²) >= 11 is 0. The van der Waals surface area contributed by atoms with E-state index >= 15 is 0 Å². The largest absolute Gasteiger partial charge is 0.313 e. The second-order valence-electron chi connectivity index (χ2n) is 4.27. The Morgan fingerprint density at radius 1 is 1.31 bits per heavy atom. The predicted molar refractivity (Wildman–Crippen MR) is 62.3 cm³/mol. The van der Waals surface area contributed by atoms with Crippen molar-refractivity contribution in [2.24, 2.45) is 0 Å². The molecule has 0 aromatic heterocycles. The molecule has 0 aliphatic carbocycles. The van der Waals surface area contributed by atoms with E-state index in [1.165, 1.54) is 0 Å². The van der Waals surface area contributed by atoms with Gasteiger partial charge in [-0.15, -0.1) is 0 Å². The third kappa shape index (κ3) is 4.77. The molecule has 0 amide bonds. The summed E-state index contributed by atoms with van der Waals surface area (Å²) in [6.07, 6.45) is 2.53. The summed E-state index contributed by atoms with van der Waals surface area (Å²) < 4.78 is 47.4. The van der Waals surface area contributed by atoms with Crippen molar-refractivity contribution >= 4 is 19.9 Å². The lowest BCUT2D eigenvalue weighted by molar-refractivity contribution is 0.349. The molecule has 6 nitrogen and oxygen atoms in total. The van der Waals surface area contributed by atoms with Crippen molar-refractivity contribution < 1.29 is 16.8 Å². The Balaban J connectivity index is 2.65. The van der Waals surface area contributed by atoms with Crippen LogP contribution in [0.4, 0.5) is 0 Å². The molecule has 1 aliphatic rings. The van der Waals surface area contributed by atoms with Crippen LogP contribution in [0, 0.1) is 0 Å². The van der Waals surface area contributed by atoms with E-state index in [1.807, 2.05) is 6.92 Å². The van der Waals surface area contributed by atoms with Gasteiger partial charge in [0.05, 0.1) is 0 Å². The van der Waals surface area contributed by atoms with Gasteiger partial charge in [-0.2, -0.15) is 0 Å². The maximum atomic E-state index is 11.5. The van der Waals surface area contributed by atoms with Gasteiger partial charge in [0, 0.05) is 18.3 Å². The number of nitrogens with one attached hydrogen (secondary N) is 2. The minimum Gasteiger partial charge on any atom is -0.313 e. The first-order valence-electron chi connectivity index (χ1n) is 5.11. The number of hydrogen-bond donors (Lipinski definition) is 2. The molecule has 1 heterocycles. The molecule has 0 bridgehead atoms. The van der Waals surface area contributed by atoms with Crippen molar-refractivity contribution in [1.29, 1.82) is 0 Å². The van der Waals surface area contributed by atoms with Gasteiger partial charge in [-0.05, 0) is 26.3 Å². The van der Waals surface area contributed by atoms with E-state index in [-0.39, 0.29) is 12.1 Å². The predicted octanol–water partition coefficient (Wildman–Crippen LogP) is -0.952. The maximum Gasteiger partial charge on any atom is 0.226 e. The lowest BCUT2D eigenvalue weighted by Gasteiger charge is -2.30. The lowest BCUT2D eigenvalue weighted by atomic mass is 10.0. The van der Waals surface area contributed by atoms with E-state index in [1.54, 1.807) is 0 Å². The van der Waals surface area contributed by atoms with E-state index in [2.05, 4.69) is 10.0 Å². The summed E-state index contributed by atoms with van der Waals surface area (Å²) in [6, 6.07) is -0.191. The van der Waals surface area contributed by atoms with Gasteiger partial charge in [0.25, 0.3) is 0 Å².